The number of nitrogens with one attached hydrogen (secondary N) is 1. The largest absolute Gasteiger partial charge is 0.416 e. The van der Waals surface area contributed by atoms with Gasteiger partial charge in [-0.15, -0.1) is 0 Å². The van der Waals surface area contributed by atoms with Gasteiger partial charge in [-0.05, 0) is 12.1 Å². The smallest absolute Gasteiger partial charge is 0.398 e. The zero-order valence-electron chi connectivity index (χ0n) is 8.97. The molecule has 94 valence electrons. The Balaban J connectivity index is 2.92. The monoisotopic (exact) mass is 248 g/mol. The van der Waals surface area contributed by atoms with Crippen molar-refractivity contribution >= 4 is 11.6 Å². The van der Waals surface area contributed by atoms with Crippen molar-refractivity contribution in [2.24, 2.45) is 0 Å². The molecule has 1 rings (SSSR count). The minimum Gasteiger partial charge on any atom is -0.398 e. The van der Waals surface area contributed by atoms with E-state index in [0.717, 1.165) is 6.07 Å². The summed E-state index contributed by atoms with van der Waals surface area (Å²) in [5.41, 5.74) is 6.27. The van der Waals surface area contributed by atoms with E-state index in [1.165, 1.54) is 19.1 Å². The van der Waals surface area contributed by atoms with E-state index < -0.39 is 24.3 Å². The number of carbonyl (C=O) groups excluding carboxylic acids is 1. The summed E-state index contributed by atoms with van der Waals surface area (Å²) in [7, 11) is 0. The zero-order valence-corrected chi connectivity index (χ0v) is 8.97. The molecule has 7 heteroatoms. The number of alkyl halides is 3. The molecule has 0 spiro atoms. The van der Waals surface area contributed by atoms with Crippen LogP contribution in [0.4, 0.5) is 18.9 Å². The summed E-state index contributed by atoms with van der Waals surface area (Å²) in [6.45, 7) is 0.736. The lowest BCUT2D eigenvalue weighted by molar-refractivity contribution is -0.140. The predicted octanol–water partition coefficient (Wildman–Crippen LogP) is 1.86. The molecule has 17 heavy (non-hydrogen) atoms. The van der Waals surface area contributed by atoms with Crippen molar-refractivity contribution in [3.63, 3.8) is 0 Å². The van der Waals surface area contributed by atoms with Gasteiger partial charge in [0.25, 0.3) is 0 Å². The molecule has 0 radical (unpaired) electrons. The third-order valence-electron chi connectivity index (χ3n) is 1.95. The van der Waals surface area contributed by atoms with Gasteiger partial charge in [0.05, 0.1) is 5.56 Å². The fourth-order valence-electron chi connectivity index (χ4n) is 1.24. The van der Waals surface area contributed by atoms with Crippen LogP contribution in [0, 0.1) is 0 Å². The Morgan fingerprint density at radius 1 is 1.47 bits per heavy atom. The van der Waals surface area contributed by atoms with Crippen LogP contribution in [0.2, 0.25) is 0 Å². The summed E-state index contributed by atoms with van der Waals surface area (Å²) in [5.74, 6) is -0.506. The molecule has 0 atom stereocenters. The Morgan fingerprint density at radius 3 is 2.65 bits per heavy atom. The van der Waals surface area contributed by atoms with Crippen LogP contribution in [0.5, 0.6) is 0 Å². The van der Waals surface area contributed by atoms with Crippen LogP contribution in [0.25, 0.3) is 0 Å². The van der Waals surface area contributed by atoms with Crippen LogP contribution in [0.3, 0.4) is 0 Å². The third kappa shape index (κ3) is 3.63. The number of anilines is 1. The number of amides is 1. The fourth-order valence-corrected chi connectivity index (χ4v) is 1.24. The zero-order chi connectivity index (χ0) is 13.1. The highest BCUT2D eigenvalue weighted by Gasteiger charge is 2.33. The predicted molar refractivity (Wildman–Crippen MR) is 54.5 cm³/mol. The number of hydroxylamine groups is 1. The molecule has 0 aromatic heterocycles. The number of hydrogen-bond donors (Lipinski definition) is 2. The summed E-state index contributed by atoms with van der Waals surface area (Å²) in [5, 5.41) is 0. The molecule has 1 amide bonds. The minimum absolute atomic E-state index is 0.0369. The Hall–Kier alpha value is -1.76. The van der Waals surface area contributed by atoms with E-state index in [4.69, 9.17) is 5.73 Å². The van der Waals surface area contributed by atoms with Gasteiger partial charge in [-0.25, -0.2) is 5.48 Å². The second-order valence-corrected chi connectivity index (χ2v) is 3.32. The number of hydrogen-bond acceptors (Lipinski definition) is 3. The Labute approximate surface area is 95.5 Å². The number of halogens is 3. The third-order valence-corrected chi connectivity index (χ3v) is 1.95. The van der Waals surface area contributed by atoms with E-state index in [0.29, 0.717) is 0 Å². The second kappa shape index (κ2) is 5.05. The number of nitrogens with two attached hydrogens (primary N) is 1. The summed E-state index contributed by atoms with van der Waals surface area (Å²) in [4.78, 5) is 15.1. The van der Waals surface area contributed by atoms with Crippen molar-refractivity contribution in [1.82, 2.24) is 5.48 Å². The number of carbonyl (C=O) groups is 1. The Morgan fingerprint density at radius 2 is 2.12 bits per heavy atom. The van der Waals surface area contributed by atoms with Crippen LogP contribution in [0.1, 0.15) is 18.1 Å². The first-order valence-corrected chi connectivity index (χ1v) is 4.65. The maximum absolute atomic E-state index is 12.6. The molecule has 0 unspecified atom stereocenters. The van der Waals surface area contributed by atoms with E-state index in [2.05, 4.69) is 4.84 Å². The molecule has 0 aliphatic carbocycles. The van der Waals surface area contributed by atoms with Gasteiger partial charge in [-0.2, -0.15) is 13.2 Å². The topological polar surface area (TPSA) is 64.3 Å². The molecule has 3 N–H and O–H groups in total. The molecule has 4 nitrogen and oxygen atoms in total. The molecule has 1 aromatic rings. The first-order chi connectivity index (χ1) is 7.82. The van der Waals surface area contributed by atoms with E-state index in [1.807, 2.05) is 5.48 Å². The molecule has 1 aromatic carbocycles. The number of rotatable bonds is 3. The van der Waals surface area contributed by atoms with E-state index in [9.17, 15) is 18.0 Å². The van der Waals surface area contributed by atoms with Crippen LogP contribution < -0.4 is 11.2 Å². The lowest BCUT2D eigenvalue weighted by atomic mass is 10.1. The molecular weight excluding hydrogens is 237 g/mol. The SMILES string of the molecule is CC(=O)NOCc1c(N)cccc1C(F)(F)F. The number of benzene rings is 1. The molecule has 0 aliphatic rings. The summed E-state index contributed by atoms with van der Waals surface area (Å²) in [6, 6.07) is 3.45. The van der Waals surface area contributed by atoms with Crippen LogP contribution in [-0.2, 0) is 22.4 Å². The molecule has 0 fully saturated rings. The molecule has 0 saturated heterocycles. The minimum atomic E-state index is -4.51. The standard InChI is InChI=1S/C10H11F3N2O2/c1-6(16)15-17-5-7-8(10(11,12)13)3-2-4-9(7)14/h2-4H,5,14H2,1H3,(H,15,16). The van der Waals surface area contributed by atoms with Crippen LogP contribution >= 0.6 is 0 Å². The first kappa shape index (κ1) is 13.3. The molecular formula is C10H11F3N2O2. The molecule has 0 heterocycles. The Kier molecular flexibility index (Phi) is 3.95. The summed E-state index contributed by atoms with van der Waals surface area (Å²) >= 11 is 0. The highest BCUT2D eigenvalue weighted by molar-refractivity contribution is 5.71. The number of nitrogen functional groups attached to an aromatic ring is 1. The van der Waals surface area contributed by atoms with Gasteiger partial charge in [-0.3, -0.25) is 9.63 Å². The van der Waals surface area contributed by atoms with Crippen LogP contribution in [-0.4, -0.2) is 5.91 Å². The van der Waals surface area contributed by atoms with Gasteiger partial charge in [0.15, 0.2) is 0 Å². The van der Waals surface area contributed by atoms with E-state index >= 15 is 0 Å². The fraction of sp³-hybridized carbons (Fsp3) is 0.300. The molecule has 0 aliphatic heterocycles. The normalized spacial score (nSPS) is 11.3. The molecule has 0 bridgehead atoms. The first-order valence-electron chi connectivity index (χ1n) is 4.65. The maximum Gasteiger partial charge on any atom is 0.416 e. The average Bonchev–Trinajstić information content (AvgIpc) is 2.18. The second-order valence-electron chi connectivity index (χ2n) is 3.32. The maximum atomic E-state index is 12.6. The highest BCUT2D eigenvalue weighted by atomic mass is 19.4. The van der Waals surface area contributed by atoms with Crippen molar-refractivity contribution in [2.45, 2.75) is 19.7 Å². The highest BCUT2D eigenvalue weighted by Crippen LogP contribution is 2.34. The average molecular weight is 248 g/mol. The summed E-state index contributed by atoms with van der Waals surface area (Å²) < 4.78 is 37.8. The van der Waals surface area contributed by atoms with Gasteiger partial charge in [-0.1, -0.05) is 6.07 Å². The van der Waals surface area contributed by atoms with E-state index in [-0.39, 0.29) is 11.3 Å². The van der Waals surface area contributed by atoms with Gasteiger partial charge < -0.3 is 5.73 Å². The van der Waals surface area contributed by atoms with Crippen molar-refractivity contribution in [2.75, 3.05) is 5.73 Å². The lowest BCUT2D eigenvalue weighted by Crippen LogP contribution is -2.21. The van der Waals surface area contributed by atoms with Crippen molar-refractivity contribution in [3.8, 4) is 0 Å². The van der Waals surface area contributed by atoms with Gasteiger partial charge >= 0.3 is 6.18 Å². The lowest BCUT2D eigenvalue weighted by Gasteiger charge is -2.14. The summed E-state index contributed by atoms with van der Waals surface area (Å²) in [6.07, 6.45) is -4.51. The van der Waals surface area contributed by atoms with Gasteiger partial charge in [0.2, 0.25) is 5.91 Å². The molecule has 0 saturated carbocycles. The Bertz CT molecular complexity index is 419. The van der Waals surface area contributed by atoms with E-state index in [1.54, 1.807) is 0 Å². The van der Waals surface area contributed by atoms with Crippen LogP contribution in [0.15, 0.2) is 18.2 Å². The van der Waals surface area contributed by atoms with Crippen molar-refractivity contribution in [1.29, 1.82) is 0 Å². The quantitative estimate of drug-likeness (QED) is 0.633. The van der Waals surface area contributed by atoms with Crippen molar-refractivity contribution < 1.29 is 22.8 Å². The van der Waals surface area contributed by atoms with Crippen molar-refractivity contribution in [3.05, 3.63) is 29.3 Å². The van der Waals surface area contributed by atoms with Gasteiger partial charge in [0, 0.05) is 18.2 Å². The van der Waals surface area contributed by atoms with Gasteiger partial charge in [0.1, 0.15) is 6.61 Å².